The Morgan fingerprint density at radius 1 is 1.00 bits per heavy atom. The van der Waals surface area contributed by atoms with Crippen molar-refractivity contribution in [3.8, 4) is 11.8 Å². The van der Waals surface area contributed by atoms with Crippen LogP contribution in [0.4, 0.5) is 0 Å². The summed E-state index contributed by atoms with van der Waals surface area (Å²) in [5.41, 5.74) is -0.938. The van der Waals surface area contributed by atoms with Crippen LogP contribution in [-0.4, -0.2) is 22.9 Å². The average Bonchev–Trinajstić information content (AvgIpc) is 3.02. The van der Waals surface area contributed by atoms with Crippen molar-refractivity contribution in [3.63, 3.8) is 0 Å². The molecule has 1 heterocycles. The summed E-state index contributed by atoms with van der Waals surface area (Å²) in [6, 6.07) is 0. The Balaban J connectivity index is 1.65. The molecule has 0 spiro atoms. The first-order valence-electron chi connectivity index (χ1n) is 6.98. The van der Waals surface area contributed by atoms with E-state index in [4.69, 9.17) is 4.74 Å². The molecule has 0 aromatic rings. The molecule has 0 amide bonds. The van der Waals surface area contributed by atoms with E-state index in [2.05, 4.69) is 11.8 Å². The van der Waals surface area contributed by atoms with Crippen LogP contribution in [0.25, 0.3) is 0 Å². The maximum Gasteiger partial charge on any atom is 0.149 e. The van der Waals surface area contributed by atoms with Gasteiger partial charge in [-0.25, -0.2) is 0 Å². The van der Waals surface area contributed by atoms with E-state index in [1.54, 1.807) is 0 Å². The van der Waals surface area contributed by atoms with Crippen molar-refractivity contribution < 1.29 is 9.84 Å². The van der Waals surface area contributed by atoms with Crippen LogP contribution in [0.5, 0.6) is 0 Å². The topological polar surface area (TPSA) is 32.8 Å². The van der Waals surface area contributed by atoms with Gasteiger partial charge in [-0.2, -0.15) is 0 Å². The van der Waals surface area contributed by atoms with Gasteiger partial charge >= 0.3 is 0 Å². The van der Waals surface area contributed by atoms with E-state index in [9.17, 15) is 5.11 Å². The van der Waals surface area contributed by atoms with Gasteiger partial charge < -0.3 is 9.84 Å². The fourth-order valence-electron chi connectivity index (χ4n) is 4.52. The number of aliphatic hydroxyl groups is 1. The molecule has 5 fully saturated rings. The minimum Gasteiger partial charge on any atom is -0.377 e. The van der Waals surface area contributed by atoms with Gasteiger partial charge in [0, 0.05) is 0 Å². The Morgan fingerprint density at radius 3 is 2.00 bits per heavy atom. The summed E-state index contributed by atoms with van der Waals surface area (Å²) in [6.07, 6.45) is 6.23. The summed E-state index contributed by atoms with van der Waals surface area (Å²) < 4.78 is 5.30. The molecule has 92 valence electrons. The number of rotatable bonds is 0. The molecule has 1 atom stereocenters. The van der Waals surface area contributed by atoms with Gasteiger partial charge in [-0.05, 0) is 62.7 Å². The van der Waals surface area contributed by atoms with Crippen LogP contribution in [-0.2, 0) is 4.74 Å². The highest BCUT2D eigenvalue weighted by atomic mass is 16.6. The lowest BCUT2D eigenvalue weighted by molar-refractivity contribution is -0.136. The highest BCUT2D eigenvalue weighted by Crippen LogP contribution is 2.58. The predicted molar refractivity (Wildman–Crippen MR) is 64.1 cm³/mol. The second kappa shape index (κ2) is 3.08. The van der Waals surface area contributed by atoms with Crippen molar-refractivity contribution in [2.75, 3.05) is 6.61 Å². The smallest absolute Gasteiger partial charge is 0.149 e. The highest BCUT2D eigenvalue weighted by Gasteiger charge is 2.56. The normalized spacial score (nSPS) is 58.7. The van der Waals surface area contributed by atoms with E-state index in [1.165, 1.54) is 32.1 Å². The molecule has 17 heavy (non-hydrogen) atoms. The average molecular weight is 232 g/mol. The van der Waals surface area contributed by atoms with Crippen molar-refractivity contribution in [1.82, 2.24) is 0 Å². The Labute approximate surface area is 103 Å². The molecule has 0 aromatic carbocycles. The molecule has 2 heteroatoms. The van der Waals surface area contributed by atoms with Crippen molar-refractivity contribution in [2.45, 2.75) is 50.2 Å². The first kappa shape index (κ1) is 10.4. The van der Waals surface area contributed by atoms with E-state index >= 15 is 0 Å². The van der Waals surface area contributed by atoms with Crippen LogP contribution in [0, 0.1) is 35.5 Å². The number of hydrogen-bond acceptors (Lipinski definition) is 2. The molecule has 1 saturated heterocycles. The summed E-state index contributed by atoms with van der Waals surface area (Å²) in [4.78, 5) is 0. The minimum absolute atomic E-state index is 0.246. The lowest BCUT2D eigenvalue weighted by Gasteiger charge is -2.56. The predicted octanol–water partition coefficient (Wildman–Crippen LogP) is 1.97. The minimum atomic E-state index is -0.692. The Hall–Kier alpha value is -0.520. The molecular formula is C15H20O2. The summed E-state index contributed by atoms with van der Waals surface area (Å²) >= 11 is 0. The van der Waals surface area contributed by atoms with Gasteiger partial charge in [0.15, 0.2) is 0 Å². The molecule has 4 bridgehead atoms. The van der Waals surface area contributed by atoms with Gasteiger partial charge in [0.1, 0.15) is 11.2 Å². The number of epoxide rings is 1. The van der Waals surface area contributed by atoms with Crippen LogP contribution in [0.15, 0.2) is 0 Å². The van der Waals surface area contributed by atoms with Gasteiger partial charge in [-0.3, -0.25) is 0 Å². The standard InChI is InChI=1S/C15H20O2/c1-14(9-17-14)2-3-15(16)12-5-10-4-11(7-12)8-13(15)6-10/h10-13,16H,4-9H2,1H3. The van der Waals surface area contributed by atoms with Gasteiger partial charge in [-0.15, -0.1) is 0 Å². The monoisotopic (exact) mass is 232 g/mol. The van der Waals surface area contributed by atoms with E-state index in [0.29, 0.717) is 11.8 Å². The molecule has 0 radical (unpaired) electrons. The zero-order valence-electron chi connectivity index (χ0n) is 10.4. The van der Waals surface area contributed by atoms with Gasteiger partial charge in [0.2, 0.25) is 0 Å². The second-order valence-electron chi connectivity index (χ2n) is 6.90. The lowest BCUT2D eigenvalue weighted by Crippen LogP contribution is -2.57. The molecule has 4 aliphatic carbocycles. The fraction of sp³-hybridized carbons (Fsp3) is 0.867. The van der Waals surface area contributed by atoms with Crippen LogP contribution in [0.1, 0.15) is 39.0 Å². The zero-order chi connectivity index (χ0) is 11.7. The van der Waals surface area contributed by atoms with Crippen molar-refractivity contribution >= 4 is 0 Å². The molecule has 4 saturated carbocycles. The Bertz CT molecular complexity index is 382. The third kappa shape index (κ3) is 1.49. The molecular weight excluding hydrogens is 212 g/mol. The third-order valence-electron chi connectivity index (χ3n) is 5.49. The van der Waals surface area contributed by atoms with Crippen LogP contribution < -0.4 is 0 Å². The molecule has 0 aromatic heterocycles. The largest absolute Gasteiger partial charge is 0.377 e. The van der Waals surface area contributed by atoms with Crippen LogP contribution in [0.2, 0.25) is 0 Å². The van der Waals surface area contributed by atoms with Crippen molar-refractivity contribution in [2.24, 2.45) is 23.7 Å². The summed E-state index contributed by atoms with van der Waals surface area (Å²) in [5, 5.41) is 11.0. The molecule has 5 aliphatic rings. The maximum absolute atomic E-state index is 11.0. The molecule has 1 aliphatic heterocycles. The van der Waals surface area contributed by atoms with Gasteiger partial charge in [-0.1, -0.05) is 11.8 Å². The number of hydrogen-bond donors (Lipinski definition) is 1. The zero-order valence-corrected chi connectivity index (χ0v) is 10.4. The first-order chi connectivity index (χ1) is 8.07. The second-order valence-corrected chi connectivity index (χ2v) is 6.90. The maximum atomic E-state index is 11.0. The molecule has 1 unspecified atom stereocenters. The molecule has 2 nitrogen and oxygen atoms in total. The van der Waals surface area contributed by atoms with Crippen LogP contribution in [0.3, 0.4) is 0 Å². The summed E-state index contributed by atoms with van der Waals surface area (Å²) in [6.45, 7) is 2.75. The summed E-state index contributed by atoms with van der Waals surface area (Å²) in [5.74, 6) is 9.04. The van der Waals surface area contributed by atoms with E-state index in [-0.39, 0.29) is 5.60 Å². The van der Waals surface area contributed by atoms with E-state index < -0.39 is 5.60 Å². The van der Waals surface area contributed by atoms with E-state index in [0.717, 1.165) is 18.4 Å². The Morgan fingerprint density at radius 2 is 1.53 bits per heavy atom. The fourth-order valence-corrected chi connectivity index (χ4v) is 4.52. The quantitative estimate of drug-likeness (QED) is 0.511. The van der Waals surface area contributed by atoms with Gasteiger partial charge in [0.25, 0.3) is 0 Å². The van der Waals surface area contributed by atoms with Gasteiger partial charge in [0.05, 0.1) is 6.61 Å². The summed E-state index contributed by atoms with van der Waals surface area (Å²) in [7, 11) is 0. The Kier molecular flexibility index (Phi) is 1.88. The number of ether oxygens (including phenoxy) is 1. The third-order valence-corrected chi connectivity index (χ3v) is 5.49. The molecule has 1 N–H and O–H groups in total. The lowest BCUT2D eigenvalue weighted by atomic mass is 9.50. The van der Waals surface area contributed by atoms with E-state index in [1.807, 2.05) is 6.92 Å². The first-order valence-corrected chi connectivity index (χ1v) is 6.98. The SMILES string of the molecule is CC1(C#CC2(O)C3CC4CC(C3)CC2C4)CO1. The highest BCUT2D eigenvalue weighted by molar-refractivity contribution is 5.29. The van der Waals surface area contributed by atoms with Crippen molar-refractivity contribution in [1.29, 1.82) is 0 Å². The van der Waals surface area contributed by atoms with Crippen molar-refractivity contribution in [3.05, 3.63) is 0 Å². The van der Waals surface area contributed by atoms with Crippen LogP contribution >= 0.6 is 0 Å². The molecule has 5 rings (SSSR count).